The fourth-order valence-electron chi connectivity index (χ4n) is 0.495. The van der Waals surface area contributed by atoms with Gasteiger partial charge in [0.25, 0.3) is 0 Å². The first-order valence-corrected chi connectivity index (χ1v) is 2.46. The van der Waals surface area contributed by atoms with E-state index in [0.717, 1.165) is 0 Å². The highest BCUT2D eigenvalue weighted by atomic mass is 16.6. The Morgan fingerprint density at radius 1 is 1.00 bits per heavy atom. The van der Waals surface area contributed by atoms with Gasteiger partial charge in [-0.2, -0.15) is 0 Å². The van der Waals surface area contributed by atoms with Crippen molar-refractivity contribution in [1.82, 2.24) is 9.69 Å². The van der Waals surface area contributed by atoms with E-state index in [1.165, 1.54) is 12.1 Å². The van der Waals surface area contributed by atoms with Crippen molar-refractivity contribution < 1.29 is 10.4 Å². The molecule has 0 saturated heterocycles. The first kappa shape index (κ1) is 6.40. The van der Waals surface area contributed by atoms with Crippen molar-refractivity contribution in [3.63, 3.8) is 0 Å². The molecule has 6 heteroatoms. The van der Waals surface area contributed by atoms with Crippen LogP contribution in [0.5, 0.6) is 0 Å². The Balaban J connectivity index is 3.65. The minimum absolute atomic E-state index is 0.155. The molecule has 0 radical (unpaired) electrons. The average molecular weight is 142 g/mol. The third-order valence-corrected chi connectivity index (χ3v) is 1.01. The van der Waals surface area contributed by atoms with Gasteiger partial charge in [-0.25, -0.2) is 0 Å². The van der Waals surface area contributed by atoms with Crippen LogP contribution in [-0.2, 0) is 0 Å². The zero-order valence-corrected chi connectivity index (χ0v) is 4.94. The van der Waals surface area contributed by atoms with Crippen LogP contribution in [0.2, 0.25) is 0 Å². The highest BCUT2D eigenvalue weighted by molar-refractivity contribution is 4.80. The highest BCUT2D eigenvalue weighted by Gasteiger charge is 1.92. The van der Waals surface area contributed by atoms with Crippen LogP contribution < -0.4 is 11.0 Å². The van der Waals surface area contributed by atoms with Crippen molar-refractivity contribution in [2.75, 3.05) is 0 Å². The van der Waals surface area contributed by atoms with Crippen molar-refractivity contribution in [3.05, 3.63) is 23.1 Å². The molecular formula is C4H6N4O2. The van der Waals surface area contributed by atoms with Gasteiger partial charge in [0.15, 0.2) is 11.0 Å². The summed E-state index contributed by atoms with van der Waals surface area (Å²) in [6.45, 7) is 0. The molecule has 4 N–H and O–H groups in total. The smallest absolute Gasteiger partial charge is 0.183 e. The number of hydrogen-bond acceptors (Lipinski definition) is 4. The van der Waals surface area contributed by atoms with E-state index in [0.29, 0.717) is 0 Å². The largest absolute Gasteiger partial charge is 0.409 e. The maximum atomic E-state index is 8.71. The second kappa shape index (κ2) is 1.90. The minimum Gasteiger partial charge on any atom is -0.409 e. The maximum absolute atomic E-state index is 8.71. The van der Waals surface area contributed by atoms with Gasteiger partial charge in [0.2, 0.25) is 0 Å². The number of hydrogen-bond donors (Lipinski definition) is 4. The summed E-state index contributed by atoms with van der Waals surface area (Å²) < 4.78 is 0. The van der Waals surface area contributed by atoms with Gasteiger partial charge in [-0.15, -0.1) is 0 Å². The molecule has 0 bridgehead atoms. The molecule has 0 unspecified atom stereocenters. The lowest BCUT2D eigenvalue weighted by molar-refractivity contribution is -0.0332. The van der Waals surface area contributed by atoms with Crippen LogP contribution >= 0.6 is 0 Å². The van der Waals surface area contributed by atoms with E-state index >= 15 is 0 Å². The third-order valence-electron chi connectivity index (χ3n) is 1.01. The average Bonchev–Trinajstić information content (AvgIpc) is 1.93. The molecule has 0 amide bonds. The lowest BCUT2D eigenvalue weighted by atomic mass is 10.6. The van der Waals surface area contributed by atoms with E-state index in [1.54, 1.807) is 0 Å². The molecule has 0 aliphatic rings. The predicted molar refractivity (Wildman–Crippen MR) is 28.5 cm³/mol. The number of rotatable bonds is 0. The van der Waals surface area contributed by atoms with Gasteiger partial charge in [0.05, 0.1) is 0 Å². The molecule has 1 rings (SSSR count). The first-order chi connectivity index (χ1) is 4.63. The number of nitrogens with one attached hydrogen (secondary N) is 2. The molecule has 0 aliphatic heterocycles. The van der Waals surface area contributed by atoms with E-state index in [4.69, 9.17) is 21.2 Å². The first-order valence-electron chi connectivity index (χ1n) is 2.46. The molecule has 0 aromatic carbocycles. The molecule has 0 saturated carbocycles. The van der Waals surface area contributed by atoms with Crippen LogP contribution in [0.25, 0.3) is 0 Å². The Labute approximate surface area is 55.1 Å². The fraction of sp³-hybridized carbons (Fsp3) is 0. The lowest BCUT2D eigenvalue weighted by Crippen LogP contribution is -2.34. The molecule has 1 aromatic heterocycles. The van der Waals surface area contributed by atoms with Crippen molar-refractivity contribution in [2.45, 2.75) is 0 Å². The molecule has 6 nitrogen and oxygen atoms in total. The standard InChI is InChI=1S/C4H6N4O2/c5-3-1-2-4(6)8(10)7(3)9/h1-2,5-6,9-10H. The van der Waals surface area contributed by atoms with Gasteiger partial charge in [-0.3, -0.25) is 10.8 Å². The summed E-state index contributed by atoms with van der Waals surface area (Å²) in [5.74, 6) is 0. The third kappa shape index (κ3) is 0.750. The van der Waals surface area contributed by atoms with Gasteiger partial charge < -0.3 is 10.4 Å². The van der Waals surface area contributed by atoms with Crippen LogP contribution in [0.4, 0.5) is 0 Å². The molecule has 1 aromatic rings. The van der Waals surface area contributed by atoms with Crippen LogP contribution in [0.3, 0.4) is 0 Å². The molecule has 0 aliphatic carbocycles. The van der Waals surface area contributed by atoms with E-state index in [2.05, 4.69) is 0 Å². The Kier molecular flexibility index (Phi) is 1.22. The molecule has 0 atom stereocenters. The molecule has 10 heavy (non-hydrogen) atoms. The van der Waals surface area contributed by atoms with Gasteiger partial charge in [0, 0.05) is 0 Å². The summed E-state index contributed by atoms with van der Waals surface area (Å²) in [7, 11) is 0. The van der Waals surface area contributed by atoms with E-state index in [1.807, 2.05) is 0 Å². The topological polar surface area (TPSA) is 98.0 Å². The zero-order chi connectivity index (χ0) is 7.72. The van der Waals surface area contributed by atoms with Crippen LogP contribution in [0.15, 0.2) is 12.1 Å². The van der Waals surface area contributed by atoms with Crippen LogP contribution in [0.1, 0.15) is 0 Å². The quantitative estimate of drug-likeness (QED) is 0.339. The van der Waals surface area contributed by atoms with E-state index in [-0.39, 0.29) is 20.7 Å². The zero-order valence-electron chi connectivity index (χ0n) is 4.94. The molecule has 1 heterocycles. The Bertz CT molecular complexity index is 314. The van der Waals surface area contributed by atoms with Crippen molar-refractivity contribution in [3.8, 4) is 0 Å². The van der Waals surface area contributed by atoms with Crippen molar-refractivity contribution in [2.24, 2.45) is 0 Å². The second-order valence-electron chi connectivity index (χ2n) is 1.68. The number of aromatic nitrogens is 2. The lowest BCUT2D eigenvalue weighted by Gasteiger charge is -2.01. The highest BCUT2D eigenvalue weighted by Crippen LogP contribution is 1.63. The Morgan fingerprint density at radius 3 is 1.60 bits per heavy atom. The van der Waals surface area contributed by atoms with Crippen LogP contribution in [0, 0.1) is 10.8 Å². The normalized spacial score (nSPS) is 9.60. The summed E-state index contributed by atoms with van der Waals surface area (Å²) in [6.07, 6.45) is 0. The Hall–Kier alpha value is -1.72. The minimum atomic E-state index is -0.293. The summed E-state index contributed by atoms with van der Waals surface area (Å²) in [5.41, 5.74) is -0.586. The second-order valence-corrected chi connectivity index (χ2v) is 1.68. The fourth-order valence-corrected chi connectivity index (χ4v) is 0.495. The van der Waals surface area contributed by atoms with Crippen molar-refractivity contribution >= 4 is 0 Å². The summed E-state index contributed by atoms with van der Waals surface area (Å²) in [5, 5.41) is 31.2. The van der Waals surface area contributed by atoms with Crippen molar-refractivity contribution in [1.29, 1.82) is 10.8 Å². The van der Waals surface area contributed by atoms with Gasteiger partial charge in [-0.05, 0) is 12.1 Å². The molecular weight excluding hydrogens is 136 g/mol. The predicted octanol–water partition coefficient (Wildman–Crippen LogP) is -1.28. The summed E-state index contributed by atoms with van der Waals surface area (Å²) >= 11 is 0. The maximum Gasteiger partial charge on any atom is 0.183 e. The van der Waals surface area contributed by atoms with Gasteiger partial charge in [0.1, 0.15) is 0 Å². The SMILES string of the molecule is N=c1ccc(=N)n(O)n1O. The molecule has 54 valence electrons. The van der Waals surface area contributed by atoms with E-state index in [9.17, 15) is 0 Å². The molecule has 0 spiro atoms. The monoisotopic (exact) mass is 142 g/mol. The van der Waals surface area contributed by atoms with E-state index < -0.39 is 0 Å². The molecule has 0 fully saturated rings. The van der Waals surface area contributed by atoms with Crippen LogP contribution in [-0.4, -0.2) is 20.1 Å². The van der Waals surface area contributed by atoms with Gasteiger partial charge in [-0.1, -0.05) is 9.69 Å². The summed E-state index contributed by atoms with van der Waals surface area (Å²) in [6, 6.07) is 2.38. The van der Waals surface area contributed by atoms with Gasteiger partial charge >= 0.3 is 0 Å². The Morgan fingerprint density at radius 2 is 1.30 bits per heavy atom. The number of nitrogens with zero attached hydrogens (tertiary/aromatic N) is 2. The summed E-state index contributed by atoms with van der Waals surface area (Å²) in [4.78, 5) is 0.310.